The van der Waals surface area contributed by atoms with Crippen LogP contribution >= 0.6 is 0 Å². The van der Waals surface area contributed by atoms with E-state index in [1.54, 1.807) is 4.90 Å². The van der Waals surface area contributed by atoms with Crippen LogP contribution in [0.3, 0.4) is 0 Å². The number of carbonyl (C=O) groups excluding carboxylic acids is 2. The largest absolute Gasteiger partial charge is 0.352 e. The molecule has 2 atom stereocenters. The van der Waals surface area contributed by atoms with Gasteiger partial charge in [0.05, 0.1) is 6.04 Å². The Labute approximate surface area is 96.4 Å². The van der Waals surface area contributed by atoms with Crippen LogP contribution in [0.15, 0.2) is 0 Å². The van der Waals surface area contributed by atoms with Crippen molar-refractivity contribution >= 4 is 11.8 Å². The van der Waals surface area contributed by atoms with Gasteiger partial charge in [0, 0.05) is 26.1 Å². The first kappa shape index (κ1) is 13.0. The highest BCUT2D eigenvalue weighted by Crippen LogP contribution is 2.11. The molecule has 5 heteroatoms. The van der Waals surface area contributed by atoms with E-state index >= 15 is 0 Å². The molecular formula is C11H21N3O2. The molecule has 0 aliphatic carbocycles. The molecule has 1 saturated heterocycles. The summed E-state index contributed by atoms with van der Waals surface area (Å²) in [5.41, 5.74) is 5.78. The first-order chi connectivity index (χ1) is 7.54. The zero-order chi connectivity index (χ0) is 12.1. The zero-order valence-corrected chi connectivity index (χ0v) is 10.0. The Morgan fingerprint density at radius 2 is 2.25 bits per heavy atom. The van der Waals surface area contributed by atoms with E-state index in [1.807, 2.05) is 6.92 Å². The number of nitrogens with two attached hydrogens (primary N) is 1. The molecule has 0 aromatic carbocycles. The van der Waals surface area contributed by atoms with Gasteiger partial charge in [0.25, 0.3) is 0 Å². The topological polar surface area (TPSA) is 75.4 Å². The maximum Gasteiger partial charge on any atom is 0.239 e. The van der Waals surface area contributed by atoms with E-state index in [-0.39, 0.29) is 23.9 Å². The fourth-order valence-corrected chi connectivity index (χ4v) is 2.03. The van der Waals surface area contributed by atoms with Crippen molar-refractivity contribution in [2.24, 2.45) is 5.73 Å². The van der Waals surface area contributed by atoms with E-state index in [1.165, 1.54) is 6.92 Å². The monoisotopic (exact) mass is 227 g/mol. The van der Waals surface area contributed by atoms with E-state index in [4.69, 9.17) is 5.73 Å². The van der Waals surface area contributed by atoms with Crippen LogP contribution in [-0.2, 0) is 9.59 Å². The van der Waals surface area contributed by atoms with Gasteiger partial charge >= 0.3 is 0 Å². The molecule has 1 unspecified atom stereocenters. The van der Waals surface area contributed by atoms with Crippen molar-refractivity contribution < 1.29 is 9.59 Å². The number of amides is 2. The average molecular weight is 227 g/mol. The minimum atomic E-state index is -0.388. The lowest BCUT2D eigenvalue weighted by atomic mass is 10.1. The minimum absolute atomic E-state index is 0.00898. The smallest absolute Gasteiger partial charge is 0.239 e. The summed E-state index contributed by atoms with van der Waals surface area (Å²) in [5, 5.41) is 2.82. The molecule has 0 aromatic rings. The van der Waals surface area contributed by atoms with Crippen molar-refractivity contribution in [3.63, 3.8) is 0 Å². The predicted octanol–water partition coefficient (Wildman–Crippen LogP) is -0.149. The van der Waals surface area contributed by atoms with Crippen LogP contribution in [0.4, 0.5) is 0 Å². The number of hydrogen-bond acceptors (Lipinski definition) is 3. The lowest BCUT2D eigenvalue weighted by molar-refractivity contribution is -0.132. The van der Waals surface area contributed by atoms with E-state index in [0.29, 0.717) is 13.1 Å². The van der Waals surface area contributed by atoms with Crippen molar-refractivity contribution in [2.45, 2.75) is 45.2 Å². The quantitative estimate of drug-likeness (QED) is 0.701. The molecule has 16 heavy (non-hydrogen) atoms. The summed E-state index contributed by atoms with van der Waals surface area (Å²) in [4.78, 5) is 24.5. The van der Waals surface area contributed by atoms with Gasteiger partial charge in [-0.2, -0.15) is 0 Å². The predicted molar refractivity (Wildman–Crippen MR) is 61.7 cm³/mol. The van der Waals surface area contributed by atoms with Gasteiger partial charge in [-0.25, -0.2) is 0 Å². The van der Waals surface area contributed by atoms with Crippen molar-refractivity contribution in [1.82, 2.24) is 10.2 Å². The molecule has 0 saturated carbocycles. The fraction of sp³-hybridized carbons (Fsp3) is 0.818. The summed E-state index contributed by atoms with van der Waals surface area (Å²) in [7, 11) is 0. The second kappa shape index (κ2) is 5.84. The van der Waals surface area contributed by atoms with Crippen LogP contribution in [0.1, 0.15) is 33.1 Å². The first-order valence-electron chi connectivity index (χ1n) is 5.86. The number of nitrogens with one attached hydrogen (secondary N) is 1. The van der Waals surface area contributed by atoms with Crippen LogP contribution in [-0.4, -0.2) is 41.9 Å². The molecule has 1 aliphatic heterocycles. The third-order valence-electron chi connectivity index (χ3n) is 2.82. The third-order valence-corrected chi connectivity index (χ3v) is 2.82. The Morgan fingerprint density at radius 3 is 2.81 bits per heavy atom. The molecule has 1 fully saturated rings. The lowest BCUT2D eigenvalue weighted by Gasteiger charge is -2.20. The average Bonchev–Trinajstić information content (AvgIpc) is 2.64. The zero-order valence-electron chi connectivity index (χ0n) is 10.0. The van der Waals surface area contributed by atoms with Gasteiger partial charge in [0.1, 0.15) is 0 Å². The number of nitrogens with zero attached hydrogens (tertiary/aromatic N) is 1. The van der Waals surface area contributed by atoms with Gasteiger partial charge < -0.3 is 16.0 Å². The van der Waals surface area contributed by atoms with E-state index in [9.17, 15) is 9.59 Å². The van der Waals surface area contributed by atoms with E-state index < -0.39 is 0 Å². The van der Waals surface area contributed by atoms with Gasteiger partial charge in [-0.1, -0.05) is 13.3 Å². The Hall–Kier alpha value is -1.10. The molecule has 5 nitrogen and oxygen atoms in total. The van der Waals surface area contributed by atoms with Crippen LogP contribution < -0.4 is 11.1 Å². The molecule has 0 bridgehead atoms. The van der Waals surface area contributed by atoms with Crippen LogP contribution in [0.5, 0.6) is 0 Å². The second-order valence-corrected chi connectivity index (χ2v) is 4.37. The van der Waals surface area contributed by atoms with Gasteiger partial charge in [-0.15, -0.1) is 0 Å². The van der Waals surface area contributed by atoms with Crippen molar-refractivity contribution in [2.75, 3.05) is 13.1 Å². The van der Waals surface area contributed by atoms with Crippen molar-refractivity contribution in [3.8, 4) is 0 Å². The van der Waals surface area contributed by atoms with Crippen molar-refractivity contribution in [1.29, 1.82) is 0 Å². The Kier molecular flexibility index (Phi) is 4.73. The summed E-state index contributed by atoms with van der Waals surface area (Å²) < 4.78 is 0. The number of rotatable bonds is 4. The highest BCUT2D eigenvalue weighted by Gasteiger charge is 2.29. The van der Waals surface area contributed by atoms with E-state index in [2.05, 4.69) is 5.32 Å². The highest BCUT2D eigenvalue weighted by molar-refractivity contribution is 5.82. The number of carbonyl (C=O) groups is 2. The normalized spacial score (nSPS) is 21.9. The molecule has 0 radical (unpaired) electrons. The molecule has 0 aromatic heterocycles. The summed E-state index contributed by atoms with van der Waals surface area (Å²) >= 11 is 0. The van der Waals surface area contributed by atoms with Crippen molar-refractivity contribution in [3.05, 3.63) is 0 Å². The molecule has 1 rings (SSSR count). The second-order valence-electron chi connectivity index (χ2n) is 4.37. The molecule has 1 heterocycles. The molecule has 3 N–H and O–H groups in total. The van der Waals surface area contributed by atoms with E-state index in [0.717, 1.165) is 19.3 Å². The van der Waals surface area contributed by atoms with Crippen LogP contribution in [0.2, 0.25) is 0 Å². The summed E-state index contributed by atoms with van der Waals surface area (Å²) in [6.07, 6.45) is 2.46. The van der Waals surface area contributed by atoms with Gasteiger partial charge in [0.15, 0.2) is 0 Å². The van der Waals surface area contributed by atoms with Gasteiger partial charge in [-0.3, -0.25) is 9.59 Å². The summed E-state index contributed by atoms with van der Waals surface area (Å²) in [6.45, 7) is 4.79. The lowest BCUT2D eigenvalue weighted by Crippen LogP contribution is -2.44. The summed E-state index contributed by atoms with van der Waals surface area (Å²) in [6, 6.07) is -0.295. The van der Waals surface area contributed by atoms with Crippen LogP contribution in [0, 0.1) is 0 Å². The standard InChI is InChI=1S/C11H21N3O2/c1-3-4-10(12)11(16)14-6-5-9(7-14)13-8(2)15/h9-10H,3-7,12H2,1-2H3,(H,13,15)/t9?,10-/m1/s1. The fourth-order valence-electron chi connectivity index (χ4n) is 2.03. The SMILES string of the molecule is CCC[C@@H](N)C(=O)N1CCC(NC(C)=O)C1. The number of hydrogen-bond donors (Lipinski definition) is 2. The molecule has 0 spiro atoms. The number of likely N-dealkylation sites (tertiary alicyclic amines) is 1. The maximum absolute atomic E-state index is 11.9. The molecule has 1 aliphatic rings. The molecular weight excluding hydrogens is 206 g/mol. The Morgan fingerprint density at radius 1 is 1.56 bits per heavy atom. The van der Waals surface area contributed by atoms with Crippen LogP contribution in [0.25, 0.3) is 0 Å². The third kappa shape index (κ3) is 3.48. The minimum Gasteiger partial charge on any atom is -0.352 e. The Bertz CT molecular complexity index is 268. The first-order valence-corrected chi connectivity index (χ1v) is 5.86. The maximum atomic E-state index is 11.9. The molecule has 92 valence electrons. The molecule has 2 amide bonds. The van der Waals surface area contributed by atoms with Gasteiger partial charge in [-0.05, 0) is 12.8 Å². The highest BCUT2D eigenvalue weighted by atomic mass is 16.2. The summed E-state index contributed by atoms with van der Waals surface area (Å²) in [5.74, 6) is -0.0353. The Balaban J connectivity index is 2.40. The van der Waals surface area contributed by atoms with Gasteiger partial charge in [0.2, 0.25) is 11.8 Å².